The van der Waals surface area contributed by atoms with Crippen LogP contribution < -0.4 is 5.32 Å². The maximum absolute atomic E-state index is 10.4. The number of ether oxygens (including phenoxy) is 1. The van der Waals surface area contributed by atoms with Crippen molar-refractivity contribution in [2.24, 2.45) is 0 Å². The van der Waals surface area contributed by atoms with E-state index in [9.17, 15) is 5.11 Å². The lowest BCUT2D eigenvalue weighted by Gasteiger charge is -2.43. The highest BCUT2D eigenvalue weighted by Crippen LogP contribution is 2.39. The van der Waals surface area contributed by atoms with Crippen molar-refractivity contribution in [3.8, 4) is 0 Å². The molecule has 3 aliphatic rings. The second-order valence-corrected chi connectivity index (χ2v) is 10.7. The number of anilines is 2. The summed E-state index contributed by atoms with van der Waals surface area (Å²) in [5.41, 5.74) is 2.73. The van der Waals surface area contributed by atoms with Gasteiger partial charge in [-0.15, -0.1) is 0 Å². The van der Waals surface area contributed by atoms with Crippen molar-refractivity contribution in [2.45, 2.75) is 63.1 Å². The summed E-state index contributed by atoms with van der Waals surface area (Å²) in [6, 6.07) is 6.63. The first kappa shape index (κ1) is 22.2. The molecular weight excluding hydrogens is 452 g/mol. The average Bonchev–Trinajstić information content (AvgIpc) is 3.53. The van der Waals surface area contributed by atoms with Crippen molar-refractivity contribution >= 4 is 34.3 Å². The van der Waals surface area contributed by atoms with Crippen LogP contribution in [0.5, 0.6) is 0 Å². The number of nitrogens with one attached hydrogen (secondary N) is 1. The van der Waals surface area contributed by atoms with E-state index in [1.807, 2.05) is 25.3 Å². The molecule has 2 N–H and O–H groups in total. The monoisotopic (exact) mass is 482 g/mol. The van der Waals surface area contributed by atoms with Crippen LogP contribution in [-0.2, 0) is 4.74 Å². The van der Waals surface area contributed by atoms with E-state index in [-0.39, 0.29) is 5.54 Å². The van der Waals surface area contributed by atoms with Crippen LogP contribution in [0.4, 0.5) is 11.8 Å². The summed E-state index contributed by atoms with van der Waals surface area (Å²) in [4.78, 5) is 11.7. The highest BCUT2D eigenvalue weighted by Gasteiger charge is 2.45. The highest BCUT2D eigenvalue weighted by molar-refractivity contribution is 6.32. The van der Waals surface area contributed by atoms with Crippen molar-refractivity contribution in [3.05, 3.63) is 40.7 Å². The number of hydrogen-bond acceptors (Lipinski definition) is 7. The number of halogens is 1. The van der Waals surface area contributed by atoms with E-state index in [1.54, 1.807) is 0 Å². The summed E-state index contributed by atoms with van der Waals surface area (Å²) >= 11 is 6.73. The molecule has 3 fully saturated rings. The van der Waals surface area contributed by atoms with Crippen LogP contribution in [0.25, 0.3) is 10.9 Å². The Morgan fingerprint density at radius 2 is 1.97 bits per heavy atom. The molecule has 2 aromatic heterocycles. The number of benzene rings is 1. The van der Waals surface area contributed by atoms with Gasteiger partial charge in [0, 0.05) is 22.7 Å². The summed E-state index contributed by atoms with van der Waals surface area (Å²) in [7, 11) is 0. The lowest BCUT2D eigenvalue weighted by Crippen LogP contribution is -2.56. The maximum Gasteiger partial charge on any atom is 0.228 e. The first-order valence-corrected chi connectivity index (χ1v) is 12.6. The second-order valence-electron chi connectivity index (χ2n) is 10.2. The Hall–Kier alpha value is -2.26. The third kappa shape index (κ3) is 3.96. The molecule has 2 aliphatic heterocycles. The summed E-state index contributed by atoms with van der Waals surface area (Å²) in [5, 5.41) is 20.1. The number of aromatic nitrogens is 4. The summed E-state index contributed by atoms with van der Waals surface area (Å²) in [5.74, 6) is 1.87. The minimum atomic E-state index is -0.434. The summed E-state index contributed by atoms with van der Waals surface area (Å²) in [6.07, 6.45) is 5.71. The Bertz CT molecular complexity index is 1220. The van der Waals surface area contributed by atoms with Gasteiger partial charge >= 0.3 is 0 Å². The third-order valence-corrected chi connectivity index (χ3v) is 8.06. The molecule has 0 spiro atoms. The van der Waals surface area contributed by atoms with Crippen molar-refractivity contribution in [2.75, 3.05) is 31.6 Å². The molecule has 0 unspecified atom stereocenters. The minimum absolute atomic E-state index is 0.294. The van der Waals surface area contributed by atoms with Crippen molar-refractivity contribution in [1.82, 2.24) is 24.6 Å². The summed E-state index contributed by atoms with van der Waals surface area (Å²) in [6.45, 7) is 6.95. The van der Waals surface area contributed by atoms with Gasteiger partial charge in [0.2, 0.25) is 5.95 Å². The number of fused-ring (bicyclic) bond motifs is 1. The van der Waals surface area contributed by atoms with Crippen LogP contribution >= 0.6 is 11.6 Å². The number of aryl methyl sites for hydroxylation is 1. The van der Waals surface area contributed by atoms with E-state index in [0.29, 0.717) is 31.1 Å². The van der Waals surface area contributed by atoms with Gasteiger partial charge in [0.1, 0.15) is 5.82 Å². The Kier molecular flexibility index (Phi) is 5.52. The van der Waals surface area contributed by atoms with Gasteiger partial charge < -0.3 is 15.2 Å². The fourth-order valence-electron chi connectivity index (χ4n) is 5.42. The lowest BCUT2D eigenvalue weighted by atomic mass is 9.85. The smallest absolute Gasteiger partial charge is 0.228 e. The molecule has 4 heterocycles. The molecule has 9 heteroatoms. The van der Waals surface area contributed by atoms with Crippen molar-refractivity contribution < 1.29 is 9.84 Å². The van der Waals surface area contributed by atoms with Gasteiger partial charge in [-0.3, -0.25) is 4.90 Å². The van der Waals surface area contributed by atoms with Gasteiger partial charge in [0.05, 0.1) is 42.1 Å². The fourth-order valence-corrected chi connectivity index (χ4v) is 5.75. The Morgan fingerprint density at radius 1 is 1.18 bits per heavy atom. The molecule has 1 saturated carbocycles. The molecule has 6 rings (SSSR count). The zero-order chi connectivity index (χ0) is 23.4. The highest BCUT2D eigenvalue weighted by atomic mass is 35.5. The van der Waals surface area contributed by atoms with Crippen LogP contribution in [0, 0.1) is 6.92 Å². The van der Waals surface area contributed by atoms with Gasteiger partial charge in [-0.2, -0.15) is 5.10 Å². The first-order valence-electron chi connectivity index (χ1n) is 12.2. The van der Waals surface area contributed by atoms with Crippen molar-refractivity contribution in [1.29, 1.82) is 0 Å². The number of aliphatic hydroxyl groups is 1. The van der Waals surface area contributed by atoms with E-state index in [4.69, 9.17) is 21.3 Å². The molecule has 8 nitrogen and oxygen atoms in total. The van der Waals surface area contributed by atoms with Crippen molar-refractivity contribution in [3.63, 3.8) is 0 Å². The summed E-state index contributed by atoms with van der Waals surface area (Å²) < 4.78 is 7.60. The predicted molar refractivity (Wildman–Crippen MR) is 132 cm³/mol. The number of likely N-dealkylation sites (tertiary alicyclic amines) is 1. The number of piperidine rings is 1. The number of aliphatic hydroxyl groups excluding tert-OH is 1. The van der Waals surface area contributed by atoms with Gasteiger partial charge in [-0.1, -0.05) is 11.6 Å². The number of nitrogens with zero attached hydrogens (tertiary/aromatic N) is 5. The van der Waals surface area contributed by atoms with E-state index in [0.717, 1.165) is 58.9 Å². The zero-order valence-corrected chi connectivity index (χ0v) is 20.4. The molecule has 1 aromatic carbocycles. The van der Waals surface area contributed by atoms with Gasteiger partial charge in [-0.25, -0.2) is 14.6 Å². The van der Waals surface area contributed by atoms with Crippen LogP contribution in [0.3, 0.4) is 0 Å². The molecule has 2 saturated heterocycles. The third-order valence-electron chi connectivity index (χ3n) is 7.73. The molecule has 0 radical (unpaired) electrons. The SMILES string of the molecule is Cc1cc(Nc2ncc3cc(Cl)c(C4CCN([C@]5(C)COC[C@@H]5O)CC4)cc3n2)n(C2CC2)n1. The first-order chi connectivity index (χ1) is 16.4. The number of rotatable bonds is 5. The van der Waals surface area contributed by atoms with Crippen LogP contribution in [-0.4, -0.2) is 67.7 Å². The molecule has 34 heavy (non-hydrogen) atoms. The van der Waals surface area contributed by atoms with Crippen LogP contribution in [0.1, 0.15) is 55.8 Å². The minimum Gasteiger partial charge on any atom is -0.389 e. The van der Waals surface area contributed by atoms with E-state index in [1.165, 1.54) is 12.8 Å². The quantitative estimate of drug-likeness (QED) is 0.563. The molecule has 1 aliphatic carbocycles. The van der Waals surface area contributed by atoms with Gasteiger partial charge in [0.15, 0.2) is 0 Å². The largest absolute Gasteiger partial charge is 0.389 e. The topological polar surface area (TPSA) is 88.3 Å². The van der Waals surface area contributed by atoms with E-state index < -0.39 is 6.10 Å². The average molecular weight is 483 g/mol. The Morgan fingerprint density at radius 3 is 2.68 bits per heavy atom. The molecule has 3 aromatic rings. The van der Waals surface area contributed by atoms with Gasteiger partial charge in [-0.05, 0) is 76.2 Å². The molecule has 0 bridgehead atoms. The Balaban J connectivity index is 1.22. The maximum atomic E-state index is 10.4. The number of hydrogen-bond donors (Lipinski definition) is 2. The van der Waals surface area contributed by atoms with Crippen LogP contribution in [0.2, 0.25) is 5.02 Å². The van der Waals surface area contributed by atoms with Gasteiger partial charge in [0.25, 0.3) is 0 Å². The zero-order valence-electron chi connectivity index (χ0n) is 19.7. The standard InChI is InChI=1S/C25H31ClN6O2/c1-15-9-23(32(30-15)18-3-4-18)29-24-27-12-17-10-20(26)19(11-21(17)28-24)16-5-7-31(8-6-16)25(2)14-34-13-22(25)33/h9-12,16,18,22,33H,3-8,13-14H2,1-2H3,(H,27,28,29)/t22-,25+/m0/s1. The fraction of sp³-hybridized carbons (Fsp3) is 0.560. The second kappa shape index (κ2) is 8.45. The Labute approximate surface area is 204 Å². The molecule has 0 amide bonds. The van der Waals surface area contributed by atoms with E-state index in [2.05, 4.69) is 38.0 Å². The lowest BCUT2D eigenvalue weighted by molar-refractivity contribution is -0.00211. The van der Waals surface area contributed by atoms with E-state index >= 15 is 0 Å². The normalized spacial score (nSPS) is 26.4. The molecule has 2 atom stereocenters. The molecular formula is C25H31ClN6O2. The predicted octanol–water partition coefficient (Wildman–Crippen LogP) is 4.20. The van der Waals surface area contributed by atoms with Crippen LogP contribution in [0.15, 0.2) is 24.4 Å². The molecule has 180 valence electrons.